The van der Waals surface area contributed by atoms with Gasteiger partial charge in [-0.25, -0.2) is 0 Å². The van der Waals surface area contributed by atoms with Gasteiger partial charge >= 0.3 is 0 Å². The van der Waals surface area contributed by atoms with Crippen molar-refractivity contribution >= 4 is 5.91 Å². The summed E-state index contributed by atoms with van der Waals surface area (Å²) in [6, 6.07) is 0. The van der Waals surface area contributed by atoms with E-state index in [9.17, 15) is 4.79 Å². The Morgan fingerprint density at radius 1 is 1.21 bits per heavy atom. The molecule has 0 aromatic carbocycles. The molecule has 3 fully saturated rings. The van der Waals surface area contributed by atoms with Gasteiger partial charge in [0.1, 0.15) is 0 Å². The number of nitrogens with two attached hydrogens (primary N) is 1. The summed E-state index contributed by atoms with van der Waals surface area (Å²) in [4.78, 5) is 16.7. The molecule has 0 aromatic heterocycles. The zero-order valence-electron chi connectivity index (χ0n) is 11.6. The van der Waals surface area contributed by atoms with Crippen molar-refractivity contribution in [1.82, 2.24) is 9.80 Å². The zero-order chi connectivity index (χ0) is 13.3. The molecular weight excluding hydrogens is 242 g/mol. The van der Waals surface area contributed by atoms with Crippen molar-refractivity contribution in [2.24, 2.45) is 5.73 Å². The summed E-state index contributed by atoms with van der Waals surface area (Å²) in [7, 11) is 0. The smallest absolute Gasteiger partial charge is 0.242 e. The minimum absolute atomic E-state index is 0.176. The van der Waals surface area contributed by atoms with E-state index in [0.29, 0.717) is 6.10 Å². The molecule has 0 bridgehead atoms. The molecule has 5 nitrogen and oxygen atoms in total. The number of amides is 1. The average Bonchev–Trinajstić information content (AvgIpc) is 2.89. The van der Waals surface area contributed by atoms with Crippen LogP contribution in [0.3, 0.4) is 0 Å². The third-order valence-corrected chi connectivity index (χ3v) is 4.82. The number of carbonyl (C=O) groups excluding carboxylic acids is 1. The first-order valence-electron chi connectivity index (χ1n) is 7.60. The molecule has 19 heavy (non-hydrogen) atoms. The molecule has 1 aliphatic carbocycles. The molecule has 2 N–H and O–H groups in total. The Bertz CT molecular complexity index is 330. The van der Waals surface area contributed by atoms with E-state index in [1.165, 1.54) is 12.8 Å². The van der Waals surface area contributed by atoms with Crippen molar-refractivity contribution < 1.29 is 9.53 Å². The summed E-state index contributed by atoms with van der Waals surface area (Å²) in [5, 5.41) is 0. The van der Waals surface area contributed by atoms with Crippen LogP contribution >= 0.6 is 0 Å². The van der Waals surface area contributed by atoms with Gasteiger partial charge in [-0.05, 0) is 32.1 Å². The largest absolute Gasteiger partial charge is 0.377 e. The fourth-order valence-corrected chi connectivity index (χ4v) is 3.30. The number of nitrogens with zero attached hydrogens (tertiary/aromatic N) is 2. The van der Waals surface area contributed by atoms with Crippen molar-refractivity contribution in [2.45, 2.75) is 43.7 Å². The highest BCUT2D eigenvalue weighted by Crippen LogP contribution is 2.31. The van der Waals surface area contributed by atoms with Gasteiger partial charge in [0.15, 0.2) is 0 Å². The van der Waals surface area contributed by atoms with Crippen LogP contribution < -0.4 is 5.73 Å². The van der Waals surface area contributed by atoms with Crippen molar-refractivity contribution in [3.8, 4) is 0 Å². The van der Waals surface area contributed by atoms with Crippen molar-refractivity contribution in [2.75, 3.05) is 39.3 Å². The lowest BCUT2D eigenvalue weighted by Gasteiger charge is -2.43. The minimum Gasteiger partial charge on any atom is -0.377 e. The SMILES string of the molecule is NC1(C(=O)N2CCN(CC3CCCO3)CC2)CCC1. The molecule has 1 amide bonds. The molecule has 0 aromatic rings. The van der Waals surface area contributed by atoms with Crippen LogP contribution in [-0.4, -0.2) is 66.7 Å². The highest BCUT2D eigenvalue weighted by atomic mass is 16.5. The van der Waals surface area contributed by atoms with E-state index in [0.717, 1.165) is 58.6 Å². The molecule has 3 rings (SSSR count). The Hall–Kier alpha value is -0.650. The highest BCUT2D eigenvalue weighted by molar-refractivity contribution is 5.87. The van der Waals surface area contributed by atoms with Gasteiger partial charge in [-0.1, -0.05) is 0 Å². The van der Waals surface area contributed by atoms with Crippen molar-refractivity contribution in [3.05, 3.63) is 0 Å². The summed E-state index contributed by atoms with van der Waals surface area (Å²) >= 11 is 0. The van der Waals surface area contributed by atoms with E-state index in [2.05, 4.69) is 4.90 Å². The third kappa shape index (κ3) is 2.78. The van der Waals surface area contributed by atoms with Gasteiger partial charge in [0, 0.05) is 39.3 Å². The van der Waals surface area contributed by atoms with Crippen LogP contribution in [0.4, 0.5) is 0 Å². The molecule has 3 aliphatic rings. The van der Waals surface area contributed by atoms with Crippen LogP contribution in [0.15, 0.2) is 0 Å². The molecule has 0 radical (unpaired) electrons. The van der Waals surface area contributed by atoms with Gasteiger partial charge < -0.3 is 15.4 Å². The first-order chi connectivity index (χ1) is 9.17. The summed E-state index contributed by atoms with van der Waals surface area (Å²) in [5.41, 5.74) is 5.59. The van der Waals surface area contributed by atoms with Crippen LogP contribution in [0.1, 0.15) is 32.1 Å². The fraction of sp³-hybridized carbons (Fsp3) is 0.929. The summed E-state index contributed by atoms with van der Waals surface area (Å²) in [6.45, 7) is 5.51. The first-order valence-corrected chi connectivity index (χ1v) is 7.60. The predicted octanol–water partition coefficient (Wildman–Crippen LogP) is 0.191. The molecule has 2 heterocycles. The van der Waals surface area contributed by atoms with E-state index in [-0.39, 0.29) is 5.91 Å². The van der Waals surface area contributed by atoms with Crippen LogP contribution in [0.25, 0.3) is 0 Å². The van der Waals surface area contributed by atoms with E-state index in [4.69, 9.17) is 10.5 Å². The molecule has 5 heteroatoms. The quantitative estimate of drug-likeness (QED) is 0.793. The van der Waals surface area contributed by atoms with Gasteiger partial charge in [0.25, 0.3) is 0 Å². The van der Waals surface area contributed by atoms with Crippen LogP contribution in [-0.2, 0) is 9.53 Å². The second kappa shape index (κ2) is 5.38. The van der Waals surface area contributed by atoms with E-state index in [1.54, 1.807) is 0 Å². The second-order valence-corrected chi connectivity index (χ2v) is 6.24. The van der Waals surface area contributed by atoms with Gasteiger partial charge in [0.2, 0.25) is 5.91 Å². The van der Waals surface area contributed by atoms with E-state index < -0.39 is 5.54 Å². The predicted molar refractivity (Wildman–Crippen MR) is 72.8 cm³/mol. The first kappa shape index (κ1) is 13.3. The summed E-state index contributed by atoms with van der Waals surface area (Å²) in [6.07, 6.45) is 5.62. The fourth-order valence-electron chi connectivity index (χ4n) is 3.30. The minimum atomic E-state index is -0.531. The Balaban J connectivity index is 1.45. The van der Waals surface area contributed by atoms with Gasteiger partial charge in [-0.2, -0.15) is 0 Å². The topological polar surface area (TPSA) is 58.8 Å². The third-order valence-electron chi connectivity index (χ3n) is 4.82. The Kier molecular flexibility index (Phi) is 3.78. The van der Waals surface area contributed by atoms with Gasteiger partial charge in [-0.15, -0.1) is 0 Å². The number of piperazine rings is 1. The molecule has 1 saturated carbocycles. The zero-order valence-corrected chi connectivity index (χ0v) is 11.6. The maximum absolute atomic E-state index is 12.3. The summed E-state index contributed by atoms with van der Waals surface area (Å²) in [5.74, 6) is 0.176. The van der Waals surface area contributed by atoms with Crippen LogP contribution in [0, 0.1) is 0 Å². The lowest BCUT2D eigenvalue weighted by atomic mass is 9.76. The van der Waals surface area contributed by atoms with Crippen molar-refractivity contribution in [3.63, 3.8) is 0 Å². The lowest BCUT2D eigenvalue weighted by molar-refractivity contribution is -0.142. The number of hydrogen-bond acceptors (Lipinski definition) is 4. The number of hydrogen-bond donors (Lipinski definition) is 1. The Morgan fingerprint density at radius 3 is 2.47 bits per heavy atom. The maximum atomic E-state index is 12.3. The molecule has 1 unspecified atom stereocenters. The second-order valence-electron chi connectivity index (χ2n) is 6.24. The molecule has 1 atom stereocenters. The summed E-state index contributed by atoms with van der Waals surface area (Å²) < 4.78 is 5.67. The average molecular weight is 267 g/mol. The maximum Gasteiger partial charge on any atom is 0.242 e. The van der Waals surface area contributed by atoms with E-state index >= 15 is 0 Å². The normalized spacial score (nSPS) is 31.2. The number of carbonyl (C=O) groups is 1. The number of rotatable bonds is 3. The monoisotopic (exact) mass is 267 g/mol. The Morgan fingerprint density at radius 2 is 1.95 bits per heavy atom. The van der Waals surface area contributed by atoms with Crippen LogP contribution in [0.5, 0.6) is 0 Å². The Labute approximate surface area is 115 Å². The van der Waals surface area contributed by atoms with Crippen LogP contribution in [0.2, 0.25) is 0 Å². The van der Waals surface area contributed by atoms with Gasteiger partial charge in [0.05, 0.1) is 11.6 Å². The van der Waals surface area contributed by atoms with E-state index in [1.807, 2.05) is 4.90 Å². The number of ether oxygens (including phenoxy) is 1. The van der Waals surface area contributed by atoms with Gasteiger partial charge in [-0.3, -0.25) is 9.69 Å². The standard InChI is InChI=1S/C14H25N3O2/c15-14(4-2-5-14)13(18)17-8-6-16(7-9-17)11-12-3-1-10-19-12/h12H,1-11,15H2. The molecule has 2 saturated heterocycles. The highest BCUT2D eigenvalue weighted by Gasteiger charge is 2.43. The molecule has 108 valence electrons. The molecule has 0 spiro atoms. The molecule has 2 aliphatic heterocycles. The lowest BCUT2D eigenvalue weighted by Crippen LogP contribution is -2.62. The van der Waals surface area contributed by atoms with Crippen molar-refractivity contribution in [1.29, 1.82) is 0 Å². The molecular formula is C14H25N3O2.